The predicted molar refractivity (Wildman–Crippen MR) is 38.4 cm³/mol. The molecule has 0 saturated carbocycles. The number of halogens is 3. The van der Waals surface area contributed by atoms with Crippen LogP contribution in [-0.4, -0.2) is 15.5 Å². The van der Waals surface area contributed by atoms with E-state index in [4.69, 9.17) is 5.11 Å². The zero-order valence-electron chi connectivity index (χ0n) is 4.51. The van der Waals surface area contributed by atoms with Crippen LogP contribution in [0.15, 0.2) is 11.8 Å². The molecule has 1 N–H and O–H groups in total. The summed E-state index contributed by atoms with van der Waals surface area (Å²) in [6.45, 7) is 0. The van der Waals surface area contributed by atoms with Crippen LogP contribution in [0.3, 0.4) is 0 Å². The van der Waals surface area contributed by atoms with E-state index in [1.807, 2.05) is 0 Å². The molecule has 0 aromatic heterocycles. The van der Waals surface area contributed by atoms with E-state index >= 15 is 0 Å². The zero-order chi connectivity index (χ0) is 8.36. The topological polar surface area (TPSA) is 20.2 Å². The molecule has 0 aromatic rings. The fourth-order valence-electron chi connectivity index (χ4n) is 0.199. The molecule has 0 fully saturated rings. The number of allylic oxidation sites excluding steroid dienone is 1. The maximum Gasteiger partial charge on any atom is 0.448 e. The molecule has 58 valence electrons. The summed E-state index contributed by atoms with van der Waals surface area (Å²) in [4.78, 5) is 0. The van der Waals surface area contributed by atoms with Crippen molar-refractivity contribution >= 4 is 29.0 Å². The third-order valence-electron chi connectivity index (χ3n) is 0.551. The standard InChI is InChI=1S/C4H3F3OS2/c5-4(6,7)2(8)1-3(9)10/h1,8H,(H,9,10). The highest BCUT2D eigenvalue weighted by atomic mass is 32.1. The van der Waals surface area contributed by atoms with Crippen LogP contribution < -0.4 is 0 Å². The van der Waals surface area contributed by atoms with Gasteiger partial charge in [0.2, 0.25) is 0 Å². The van der Waals surface area contributed by atoms with Gasteiger partial charge in [-0.25, -0.2) is 0 Å². The molecule has 0 unspecified atom stereocenters. The van der Waals surface area contributed by atoms with E-state index in [-0.39, 0.29) is 4.20 Å². The third kappa shape index (κ3) is 3.73. The number of alkyl halides is 3. The van der Waals surface area contributed by atoms with Crippen LogP contribution in [0.1, 0.15) is 0 Å². The van der Waals surface area contributed by atoms with Gasteiger partial charge in [-0.1, -0.05) is 12.2 Å². The van der Waals surface area contributed by atoms with Gasteiger partial charge in [0, 0.05) is 6.08 Å². The highest BCUT2D eigenvalue weighted by Gasteiger charge is 2.33. The van der Waals surface area contributed by atoms with Crippen molar-refractivity contribution in [2.75, 3.05) is 0 Å². The van der Waals surface area contributed by atoms with Crippen molar-refractivity contribution in [3.05, 3.63) is 11.8 Å². The average Bonchev–Trinajstić information content (AvgIpc) is 1.60. The van der Waals surface area contributed by atoms with E-state index in [1.165, 1.54) is 0 Å². The number of hydrogen-bond donors (Lipinski definition) is 2. The summed E-state index contributed by atoms with van der Waals surface area (Å²) in [5, 5.41) is 8.16. The maximum atomic E-state index is 11.4. The molecule has 0 radical (unpaired) electrons. The highest BCUT2D eigenvalue weighted by molar-refractivity contribution is 8.11. The van der Waals surface area contributed by atoms with Gasteiger partial charge in [-0.3, -0.25) is 0 Å². The van der Waals surface area contributed by atoms with Gasteiger partial charge >= 0.3 is 6.18 Å². The van der Waals surface area contributed by atoms with Gasteiger partial charge < -0.3 is 5.11 Å². The number of hydrogen-bond acceptors (Lipinski definition) is 2. The smallest absolute Gasteiger partial charge is 0.448 e. The fraction of sp³-hybridized carbons (Fsp3) is 0.250. The summed E-state index contributed by atoms with van der Waals surface area (Å²) in [5.41, 5.74) is 0. The molecule has 0 aliphatic heterocycles. The van der Waals surface area contributed by atoms with Crippen molar-refractivity contribution in [1.82, 2.24) is 0 Å². The molecule has 0 amide bonds. The molecule has 0 spiro atoms. The Morgan fingerprint density at radius 1 is 1.50 bits per heavy atom. The van der Waals surface area contributed by atoms with Gasteiger partial charge in [-0.15, -0.1) is 12.6 Å². The van der Waals surface area contributed by atoms with E-state index < -0.39 is 11.9 Å². The molecular formula is C4H3F3OS2. The van der Waals surface area contributed by atoms with Crippen molar-refractivity contribution in [1.29, 1.82) is 0 Å². The monoisotopic (exact) mass is 188 g/mol. The van der Waals surface area contributed by atoms with E-state index in [1.54, 1.807) is 0 Å². The Labute approximate surface area is 65.9 Å². The first-order chi connectivity index (χ1) is 4.34. The van der Waals surface area contributed by atoms with Crippen molar-refractivity contribution in [3.8, 4) is 0 Å². The number of aliphatic hydroxyl groups excluding tert-OH is 1. The van der Waals surface area contributed by atoms with Gasteiger partial charge in [0.25, 0.3) is 0 Å². The van der Waals surface area contributed by atoms with Gasteiger partial charge in [0.1, 0.15) is 0 Å². The van der Waals surface area contributed by atoms with Crippen LogP contribution in [-0.2, 0) is 0 Å². The van der Waals surface area contributed by atoms with Gasteiger partial charge in [-0.2, -0.15) is 13.2 Å². The van der Waals surface area contributed by atoms with Crippen LogP contribution in [0.5, 0.6) is 0 Å². The Morgan fingerprint density at radius 3 is 2.00 bits per heavy atom. The number of thiol groups is 1. The van der Waals surface area contributed by atoms with E-state index in [2.05, 4.69) is 24.8 Å². The summed E-state index contributed by atoms with van der Waals surface area (Å²) in [5.74, 6) is -1.73. The lowest BCUT2D eigenvalue weighted by Crippen LogP contribution is -2.11. The van der Waals surface area contributed by atoms with Crippen molar-refractivity contribution in [2.45, 2.75) is 6.18 Å². The first-order valence-corrected chi connectivity index (χ1v) is 2.90. The lowest BCUT2D eigenvalue weighted by atomic mass is 10.4. The van der Waals surface area contributed by atoms with Crippen molar-refractivity contribution in [3.63, 3.8) is 0 Å². The van der Waals surface area contributed by atoms with E-state index in [9.17, 15) is 13.2 Å². The molecule has 10 heavy (non-hydrogen) atoms. The molecule has 0 atom stereocenters. The summed E-state index contributed by atoms with van der Waals surface area (Å²) in [6, 6.07) is 0. The normalized spacial score (nSPS) is 13.4. The molecule has 6 heteroatoms. The minimum atomic E-state index is -4.73. The second-order valence-corrected chi connectivity index (χ2v) is 2.59. The number of thiocarbonyl (C=S) groups is 1. The average molecular weight is 188 g/mol. The van der Waals surface area contributed by atoms with Gasteiger partial charge in [0.05, 0.1) is 4.20 Å². The summed E-state index contributed by atoms with van der Waals surface area (Å²) in [7, 11) is 0. The first kappa shape index (κ1) is 9.77. The second kappa shape index (κ2) is 3.25. The van der Waals surface area contributed by atoms with Crippen LogP contribution >= 0.6 is 24.8 Å². The quantitative estimate of drug-likeness (QED) is 0.285. The zero-order valence-corrected chi connectivity index (χ0v) is 6.22. The van der Waals surface area contributed by atoms with Crippen molar-refractivity contribution < 1.29 is 18.3 Å². The molecule has 0 aromatic carbocycles. The minimum Gasteiger partial charge on any atom is -0.504 e. The molecular weight excluding hydrogens is 185 g/mol. The largest absolute Gasteiger partial charge is 0.504 e. The molecule has 0 aliphatic rings. The summed E-state index contributed by atoms with van der Waals surface area (Å²) >= 11 is 7.53. The molecule has 0 aliphatic carbocycles. The van der Waals surface area contributed by atoms with Crippen molar-refractivity contribution in [2.24, 2.45) is 0 Å². The molecule has 1 nitrogen and oxygen atoms in total. The minimum absolute atomic E-state index is 0.310. The first-order valence-electron chi connectivity index (χ1n) is 2.05. The fourth-order valence-corrected chi connectivity index (χ4v) is 0.433. The lowest BCUT2D eigenvalue weighted by Gasteiger charge is -2.02. The Kier molecular flexibility index (Phi) is 3.17. The maximum absolute atomic E-state index is 11.4. The van der Waals surface area contributed by atoms with E-state index in [0.29, 0.717) is 6.08 Å². The lowest BCUT2D eigenvalue weighted by molar-refractivity contribution is -0.120. The van der Waals surface area contributed by atoms with Crippen LogP contribution in [0.4, 0.5) is 13.2 Å². The van der Waals surface area contributed by atoms with Crippen LogP contribution in [0, 0.1) is 0 Å². The summed E-state index contributed by atoms with van der Waals surface area (Å²) in [6.07, 6.45) is -4.37. The molecule has 0 heterocycles. The van der Waals surface area contributed by atoms with Gasteiger partial charge in [-0.05, 0) is 0 Å². The van der Waals surface area contributed by atoms with E-state index in [0.717, 1.165) is 0 Å². The molecule has 0 saturated heterocycles. The number of rotatable bonds is 1. The van der Waals surface area contributed by atoms with Gasteiger partial charge in [0.15, 0.2) is 5.76 Å². The Morgan fingerprint density at radius 2 is 1.90 bits per heavy atom. The SMILES string of the molecule is OC(=CC(=S)S)C(F)(F)F. The Bertz CT molecular complexity index is 172. The van der Waals surface area contributed by atoms with Crippen LogP contribution in [0.25, 0.3) is 0 Å². The van der Waals surface area contributed by atoms with Crippen LogP contribution in [0.2, 0.25) is 0 Å². The predicted octanol–water partition coefficient (Wildman–Crippen LogP) is 2.25. The summed E-state index contributed by atoms with van der Waals surface area (Å²) < 4.78 is 33.9. The highest BCUT2D eigenvalue weighted by Crippen LogP contribution is 2.23. The second-order valence-electron chi connectivity index (χ2n) is 1.37. The molecule has 0 rings (SSSR count). The Hall–Kier alpha value is -0.230. The molecule has 0 bridgehead atoms. The Balaban J connectivity index is 4.35. The third-order valence-corrected chi connectivity index (χ3v) is 0.798. The number of aliphatic hydroxyl groups is 1.